The maximum Gasteiger partial charge on any atom is 0.505 e. The largest absolute Gasteiger partial charge is 0.505 e. The summed E-state index contributed by atoms with van der Waals surface area (Å²) < 4.78 is 16.4. The second-order valence-corrected chi connectivity index (χ2v) is 3.80. The summed E-state index contributed by atoms with van der Waals surface area (Å²) in [7, 11) is -4.12. The molecule has 0 spiro atoms. The van der Waals surface area contributed by atoms with E-state index in [2.05, 4.69) is 31.9 Å². The number of halogens is 2. The molecule has 1 N–H and O–H groups in total. The van der Waals surface area contributed by atoms with E-state index in [0.29, 0.717) is 0 Å². The molecule has 74 valence electrons. The summed E-state index contributed by atoms with van der Waals surface area (Å²) in [6.07, 6.45) is 0. The van der Waals surface area contributed by atoms with Gasteiger partial charge in [-0.2, -0.15) is 8.15 Å². The van der Waals surface area contributed by atoms with Gasteiger partial charge in [0.15, 0.2) is 0 Å². The summed E-state index contributed by atoms with van der Waals surface area (Å²) >= 11 is 8.74. The van der Waals surface area contributed by atoms with E-state index < -0.39 is 7.82 Å². The molecule has 0 saturated carbocycles. The van der Waals surface area contributed by atoms with Crippen molar-refractivity contribution in [2.45, 2.75) is 0 Å². The lowest BCUT2D eigenvalue weighted by molar-refractivity contribution is 0.310. The molecule has 1 rings (SSSR count). The molecule has 0 aliphatic heterocycles. The van der Waals surface area contributed by atoms with Gasteiger partial charge in [0.2, 0.25) is 0 Å². The van der Waals surface area contributed by atoms with Crippen LogP contribution in [-0.2, 0) is 12.7 Å². The van der Waals surface area contributed by atoms with Crippen molar-refractivity contribution in [1.29, 1.82) is 0 Å². The van der Waals surface area contributed by atoms with Crippen molar-refractivity contribution in [2.24, 2.45) is 0 Å². The Labute approximate surface area is 86.0 Å². The van der Waals surface area contributed by atoms with Gasteiger partial charge < -0.3 is 4.89 Å². The lowest BCUT2D eigenvalue weighted by atomic mass is 10.4. The second-order valence-electron chi connectivity index (χ2n) is 1.76. The molecule has 0 saturated heterocycles. The quantitative estimate of drug-likeness (QED) is 0.813. The van der Waals surface area contributed by atoms with E-state index in [1.807, 2.05) is 36.4 Å². The summed E-state index contributed by atoms with van der Waals surface area (Å²) in [5, 5.41) is 0. The van der Waals surface area contributed by atoms with E-state index in [-0.39, 0.29) is 0 Å². The van der Waals surface area contributed by atoms with Crippen LogP contribution in [0.2, 0.25) is 0 Å². The standard InChI is InChI=1S/C6H6.Cl2HO4P/c1-2-4-6-5-3-1;1-5-7(3,4)6-2/h1-6H;(H,3,4). The first-order valence-electron chi connectivity index (χ1n) is 3.06. The third-order valence-electron chi connectivity index (χ3n) is 0.841. The predicted molar refractivity (Wildman–Crippen MR) is 50.1 cm³/mol. The number of phosphoric acid groups is 1. The lowest BCUT2D eigenvalue weighted by Gasteiger charge is -1.95. The van der Waals surface area contributed by atoms with Gasteiger partial charge in [0.05, 0.1) is 23.7 Å². The molecule has 1 aromatic carbocycles. The Morgan fingerprint density at radius 3 is 1.23 bits per heavy atom. The van der Waals surface area contributed by atoms with Crippen LogP contribution in [0, 0.1) is 0 Å². The molecule has 0 aliphatic carbocycles. The number of rotatable bonds is 2. The Balaban J connectivity index is 0.000000223. The van der Waals surface area contributed by atoms with Crippen LogP contribution in [-0.4, -0.2) is 4.89 Å². The first-order valence-corrected chi connectivity index (χ1v) is 5.17. The molecule has 4 nitrogen and oxygen atoms in total. The number of benzene rings is 1. The van der Waals surface area contributed by atoms with Crippen molar-refractivity contribution in [1.82, 2.24) is 0 Å². The van der Waals surface area contributed by atoms with E-state index in [9.17, 15) is 4.57 Å². The minimum atomic E-state index is -4.12. The summed E-state index contributed by atoms with van der Waals surface area (Å²) in [5.74, 6) is 0. The molecule has 0 aliphatic rings. The summed E-state index contributed by atoms with van der Waals surface area (Å²) in [6, 6.07) is 12.0. The van der Waals surface area contributed by atoms with E-state index in [1.54, 1.807) is 0 Å². The first-order chi connectivity index (χ1) is 6.12. The maximum atomic E-state index is 9.80. The maximum absolute atomic E-state index is 9.80. The van der Waals surface area contributed by atoms with Gasteiger partial charge >= 0.3 is 7.82 Å². The molecule has 0 aromatic heterocycles. The fourth-order valence-electron chi connectivity index (χ4n) is 0.396. The smallest absolute Gasteiger partial charge is 0.301 e. The van der Waals surface area contributed by atoms with Crippen molar-refractivity contribution < 1.29 is 17.6 Å². The van der Waals surface area contributed by atoms with Crippen molar-refractivity contribution in [3.05, 3.63) is 36.4 Å². The third-order valence-corrected chi connectivity index (χ3v) is 2.24. The fourth-order valence-corrected chi connectivity index (χ4v) is 0.672. The Morgan fingerprint density at radius 2 is 1.15 bits per heavy atom. The average Bonchev–Trinajstić information content (AvgIpc) is 2.21. The summed E-state index contributed by atoms with van der Waals surface area (Å²) in [5.41, 5.74) is 0. The van der Waals surface area contributed by atoms with Gasteiger partial charge in [0.25, 0.3) is 0 Å². The molecule has 7 heteroatoms. The predicted octanol–water partition coefficient (Wildman–Crippen LogP) is 3.11. The molecule has 0 unspecified atom stereocenters. The Bertz CT molecular complexity index is 221. The van der Waals surface area contributed by atoms with E-state index in [0.717, 1.165) is 0 Å². The van der Waals surface area contributed by atoms with Gasteiger partial charge in [0.1, 0.15) is 0 Å². The van der Waals surface area contributed by atoms with Crippen LogP contribution < -0.4 is 0 Å². The monoisotopic (exact) mass is 244 g/mol. The van der Waals surface area contributed by atoms with Crippen LogP contribution in [0.4, 0.5) is 0 Å². The lowest BCUT2D eigenvalue weighted by Crippen LogP contribution is -1.73. The van der Waals surface area contributed by atoms with Gasteiger partial charge in [-0.15, -0.1) is 0 Å². The van der Waals surface area contributed by atoms with E-state index in [4.69, 9.17) is 4.89 Å². The normalized spacial score (nSPS) is 10.1. The van der Waals surface area contributed by atoms with Gasteiger partial charge in [0, 0.05) is 0 Å². The number of hydrogen-bond acceptors (Lipinski definition) is 3. The zero-order valence-corrected chi connectivity index (χ0v) is 8.75. The summed E-state index contributed by atoms with van der Waals surface area (Å²) in [4.78, 5) is 7.98. The summed E-state index contributed by atoms with van der Waals surface area (Å²) in [6.45, 7) is 0. The molecule has 0 amide bonds. The number of hydrogen-bond donors (Lipinski definition) is 1. The molecule has 0 atom stereocenters. The van der Waals surface area contributed by atoms with Crippen LogP contribution in [0.15, 0.2) is 36.4 Å². The minimum absolute atomic E-state index is 2.00. The molecule has 0 radical (unpaired) electrons. The first kappa shape index (κ1) is 12.9. The third kappa shape index (κ3) is 8.25. The highest BCUT2D eigenvalue weighted by Crippen LogP contribution is 2.45. The van der Waals surface area contributed by atoms with Gasteiger partial charge in [-0.25, -0.2) is 4.57 Å². The van der Waals surface area contributed by atoms with E-state index >= 15 is 0 Å². The molecule has 0 heterocycles. The minimum Gasteiger partial charge on any atom is -0.301 e. The second kappa shape index (κ2) is 7.33. The van der Waals surface area contributed by atoms with Gasteiger partial charge in [-0.1, -0.05) is 36.4 Å². The van der Waals surface area contributed by atoms with Crippen molar-refractivity contribution in [3.8, 4) is 0 Å². The topological polar surface area (TPSA) is 55.8 Å². The zero-order valence-electron chi connectivity index (χ0n) is 6.34. The Morgan fingerprint density at radius 1 is 0.923 bits per heavy atom. The molecular formula is C6H7Cl2O4P. The van der Waals surface area contributed by atoms with Crippen LogP contribution >= 0.6 is 31.6 Å². The molecular weight excluding hydrogens is 238 g/mol. The van der Waals surface area contributed by atoms with Crippen LogP contribution in [0.5, 0.6) is 0 Å². The Hall–Kier alpha value is -0.0900. The van der Waals surface area contributed by atoms with Crippen molar-refractivity contribution in [2.75, 3.05) is 0 Å². The van der Waals surface area contributed by atoms with E-state index in [1.165, 1.54) is 0 Å². The highest BCUT2D eigenvalue weighted by atomic mass is 35.5. The van der Waals surface area contributed by atoms with Gasteiger partial charge in [-0.3, -0.25) is 0 Å². The molecule has 0 fully saturated rings. The molecule has 1 aromatic rings. The highest BCUT2D eigenvalue weighted by molar-refractivity contribution is 7.49. The highest BCUT2D eigenvalue weighted by Gasteiger charge is 2.18. The van der Waals surface area contributed by atoms with Crippen LogP contribution in [0.25, 0.3) is 0 Å². The van der Waals surface area contributed by atoms with Crippen molar-refractivity contribution in [3.63, 3.8) is 0 Å². The molecule has 13 heavy (non-hydrogen) atoms. The van der Waals surface area contributed by atoms with Gasteiger partial charge in [-0.05, 0) is 0 Å². The van der Waals surface area contributed by atoms with Crippen molar-refractivity contribution >= 4 is 31.6 Å². The average molecular weight is 245 g/mol. The molecule has 0 bridgehead atoms. The zero-order chi connectivity index (χ0) is 10.2. The van der Waals surface area contributed by atoms with Crippen LogP contribution in [0.1, 0.15) is 0 Å². The van der Waals surface area contributed by atoms with Crippen LogP contribution in [0.3, 0.4) is 0 Å². The Kier molecular flexibility index (Phi) is 7.28. The fraction of sp³-hybridized carbons (Fsp3) is 0. The SMILES string of the molecule is O=P(O)(OCl)OCl.c1ccccc1.